The number of hydrogen-bond acceptors (Lipinski definition) is 5. The van der Waals surface area contributed by atoms with E-state index in [0.29, 0.717) is 49.5 Å². The van der Waals surface area contributed by atoms with E-state index in [0.717, 1.165) is 17.5 Å². The Morgan fingerprint density at radius 3 is 2.29 bits per heavy atom. The molecule has 35 heavy (non-hydrogen) atoms. The smallest absolute Gasteiger partial charge is 0.220 e. The quantitative estimate of drug-likeness (QED) is 0.459. The molecule has 0 aliphatic carbocycles. The van der Waals surface area contributed by atoms with Gasteiger partial charge in [0.05, 0.1) is 21.3 Å². The van der Waals surface area contributed by atoms with E-state index in [2.05, 4.69) is 41.0 Å². The first-order valence-electron chi connectivity index (χ1n) is 11.8. The molecule has 0 bridgehead atoms. The Morgan fingerprint density at radius 2 is 1.66 bits per heavy atom. The number of fused-ring (bicyclic) bond motifs is 1. The average Bonchev–Trinajstić information content (AvgIpc) is 3.25. The van der Waals surface area contributed by atoms with Gasteiger partial charge in [-0.25, -0.2) is 0 Å². The van der Waals surface area contributed by atoms with Crippen molar-refractivity contribution in [1.29, 1.82) is 0 Å². The fraction of sp³-hybridized carbons (Fsp3) is 0.357. The number of methoxy groups -OCH3 is 3. The number of hydrogen-bond donors (Lipinski definition) is 2. The molecule has 0 aromatic heterocycles. The first-order valence-corrected chi connectivity index (χ1v) is 11.8. The van der Waals surface area contributed by atoms with E-state index in [1.807, 2.05) is 24.3 Å². The minimum Gasteiger partial charge on any atom is -0.493 e. The highest BCUT2D eigenvalue weighted by molar-refractivity contribution is 5.83. The predicted octanol–water partition coefficient (Wildman–Crippen LogP) is 4.15. The van der Waals surface area contributed by atoms with Crippen molar-refractivity contribution in [3.63, 3.8) is 0 Å². The van der Waals surface area contributed by atoms with Crippen molar-refractivity contribution >= 4 is 22.6 Å². The van der Waals surface area contributed by atoms with Crippen LogP contribution < -0.4 is 24.8 Å². The maximum Gasteiger partial charge on any atom is 0.220 e. The first-order chi connectivity index (χ1) is 16.9. The highest BCUT2D eigenvalue weighted by Crippen LogP contribution is 2.38. The molecule has 1 aliphatic rings. The van der Waals surface area contributed by atoms with Crippen LogP contribution in [0.2, 0.25) is 0 Å². The van der Waals surface area contributed by atoms with Crippen LogP contribution in [-0.2, 0) is 22.6 Å². The lowest BCUT2D eigenvalue weighted by molar-refractivity contribution is -0.122. The molecule has 7 heteroatoms. The Morgan fingerprint density at radius 1 is 0.943 bits per heavy atom. The third-order valence-corrected chi connectivity index (χ3v) is 6.64. The number of rotatable bonds is 10. The molecular formula is C28H32N2O5. The zero-order chi connectivity index (χ0) is 24.8. The molecule has 3 aromatic carbocycles. The van der Waals surface area contributed by atoms with Crippen molar-refractivity contribution in [2.75, 3.05) is 21.3 Å². The van der Waals surface area contributed by atoms with Crippen molar-refractivity contribution in [3.05, 3.63) is 65.7 Å². The van der Waals surface area contributed by atoms with Crippen LogP contribution in [0.4, 0.5) is 0 Å². The molecule has 0 unspecified atom stereocenters. The predicted molar refractivity (Wildman–Crippen MR) is 135 cm³/mol. The zero-order valence-corrected chi connectivity index (χ0v) is 20.5. The Balaban J connectivity index is 1.40. The molecule has 1 atom stereocenters. The number of amides is 2. The van der Waals surface area contributed by atoms with Gasteiger partial charge in [0.1, 0.15) is 0 Å². The summed E-state index contributed by atoms with van der Waals surface area (Å²) in [5.41, 5.74) is 1.58. The van der Waals surface area contributed by atoms with Crippen LogP contribution in [0, 0.1) is 0 Å². The van der Waals surface area contributed by atoms with E-state index in [1.54, 1.807) is 21.3 Å². The van der Waals surface area contributed by atoms with Crippen molar-refractivity contribution < 1.29 is 23.8 Å². The Hall–Kier alpha value is -3.74. The molecule has 7 nitrogen and oxygen atoms in total. The van der Waals surface area contributed by atoms with Crippen molar-refractivity contribution in [2.24, 2.45) is 0 Å². The third-order valence-electron chi connectivity index (χ3n) is 6.64. The summed E-state index contributed by atoms with van der Waals surface area (Å²) in [5.74, 6) is 1.57. The molecule has 4 rings (SSSR count). The Bertz CT molecular complexity index is 1200. The van der Waals surface area contributed by atoms with E-state index < -0.39 is 5.54 Å². The lowest BCUT2D eigenvalue weighted by atomic mass is 9.84. The van der Waals surface area contributed by atoms with Gasteiger partial charge in [0.25, 0.3) is 0 Å². The van der Waals surface area contributed by atoms with Gasteiger partial charge in [0, 0.05) is 24.9 Å². The van der Waals surface area contributed by atoms with Crippen molar-refractivity contribution in [1.82, 2.24) is 10.6 Å². The third kappa shape index (κ3) is 5.67. The number of nitrogens with one attached hydrogen (secondary N) is 2. The topological polar surface area (TPSA) is 85.9 Å². The van der Waals surface area contributed by atoms with Gasteiger partial charge in [-0.05, 0) is 53.3 Å². The van der Waals surface area contributed by atoms with Crippen LogP contribution in [0.3, 0.4) is 0 Å². The molecule has 1 heterocycles. The van der Waals surface area contributed by atoms with Gasteiger partial charge in [-0.1, -0.05) is 42.5 Å². The number of benzene rings is 3. The highest BCUT2D eigenvalue weighted by atomic mass is 16.5. The number of ether oxygens (including phenoxy) is 3. The van der Waals surface area contributed by atoms with Gasteiger partial charge in [-0.15, -0.1) is 0 Å². The monoisotopic (exact) mass is 476 g/mol. The molecule has 184 valence electrons. The summed E-state index contributed by atoms with van der Waals surface area (Å²) in [7, 11) is 4.67. The second-order valence-corrected chi connectivity index (χ2v) is 9.00. The van der Waals surface area contributed by atoms with Gasteiger partial charge in [0.2, 0.25) is 17.6 Å². The highest BCUT2D eigenvalue weighted by Gasteiger charge is 2.37. The largest absolute Gasteiger partial charge is 0.493 e. The van der Waals surface area contributed by atoms with Crippen LogP contribution in [0.5, 0.6) is 17.2 Å². The summed E-state index contributed by atoms with van der Waals surface area (Å²) in [4.78, 5) is 24.9. The van der Waals surface area contributed by atoms with Crippen LogP contribution >= 0.6 is 0 Å². The molecule has 1 aliphatic heterocycles. The van der Waals surface area contributed by atoms with E-state index in [9.17, 15) is 9.59 Å². The molecule has 2 amide bonds. The van der Waals surface area contributed by atoms with Crippen molar-refractivity contribution in [3.8, 4) is 17.2 Å². The van der Waals surface area contributed by atoms with Gasteiger partial charge in [-0.2, -0.15) is 0 Å². The second kappa shape index (κ2) is 10.7. The molecule has 0 spiro atoms. The molecular weight excluding hydrogens is 444 g/mol. The Labute approximate surface area is 205 Å². The molecule has 1 fully saturated rings. The molecule has 0 radical (unpaired) electrons. The second-order valence-electron chi connectivity index (χ2n) is 9.00. The van der Waals surface area contributed by atoms with Crippen LogP contribution in [-0.4, -0.2) is 38.7 Å². The zero-order valence-electron chi connectivity index (χ0n) is 20.5. The van der Waals surface area contributed by atoms with Crippen LogP contribution in [0.15, 0.2) is 54.6 Å². The average molecular weight is 477 g/mol. The number of carbonyl (C=O) groups excluding carboxylic acids is 2. The standard InChI is InChI=1S/C28H32N2O5/c1-33-23-15-20(16-24(34-2)27(23)35-3)18-29-25(31)10-12-28(13-11-26(32)30-28)17-19-8-9-21-6-4-5-7-22(21)14-19/h4-9,14-16H,10-13,17-18H2,1-3H3,(H,29,31)(H,30,32)/t28-/m0/s1. The summed E-state index contributed by atoms with van der Waals surface area (Å²) < 4.78 is 16.1. The summed E-state index contributed by atoms with van der Waals surface area (Å²) in [5, 5.41) is 8.51. The lowest BCUT2D eigenvalue weighted by Crippen LogP contribution is -2.44. The van der Waals surface area contributed by atoms with Gasteiger partial charge in [-0.3, -0.25) is 9.59 Å². The van der Waals surface area contributed by atoms with E-state index in [-0.39, 0.29) is 11.8 Å². The fourth-order valence-electron chi connectivity index (χ4n) is 4.80. The molecule has 2 N–H and O–H groups in total. The number of carbonyl (C=O) groups is 2. The van der Waals surface area contributed by atoms with Gasteiger partial charge < -0.3 is 24.8 Å². The summed E-state index contributed by atoms with van der Waals surface area (Å²) in [6.45, 7) is 0.333. The van der Waals surface area contributed by atoms with Gasteiger partial charge in [0.15, 0.2) is 11.5 Å². The minimum absolute atomic E-state index is 0.0450. The van der Waals surface area contributed by atoms with Crippen molar-refractivity contribution in [2.45, 2.75) is 44.2 Å². The maximum atomic E-state index is 12.7. The molecule has 0 saturated carbocycles. The SMILES string of the molecule is COc1cc(CNC(=O)CC[C@@]2(Cc3ccc4ccccc4c3)CCC(=O)N2)cc(OC)c1OC. The summed E-state index contributed by atoms with van der Waals surface area (Å²) in [6.07, 6.45) is 2.80. The van der Waals surface area contributed by atoms with Crippen LogP contribution in [0.25, 0.3) is 10.8 Å². The molecule has 3 aromatic rings. The minimum atomic E-state index is -0.413. The normalized spacial score (nSPS) is 17.2. The van der Waals surface area contributed by atoms with E-state index in [1.165, 1.54) is 10.8 Å². The summed E-state index contributed by atoms with van der Waals surface area (Å²) in [6, 6.07) is 18.3. The fourth-order valence-corrected chi connectivity index (χ4v) is 4.80. The lowest BCUT2D eigenvalue weighted by Gasteiger charge is -2.29. The Kier molecular flexibility index (Phi) is 7.44. The van der Waals surface area contributed by atoms with E-state index in [4.69, 9.17) is 14.2 Å². The maximum absolute atomic E-state index is 12.7. The van der Waals surface area contributed by atoms with Crippen LogP contribution in [0.1, 0.15) is 36.8 Å². The molecule has 1 saturated heterocycles. The first kappa shape index (κ1) is 24.4. The van der Waals surface area contributed by atoms with Gasteiger partial charge >= 0.3 is 0 Å². The summed E-state index contributed by atoms with van der Waals surface area (Å²) >= 11 is 0. The van der Waals surface area contributed by atoms with E-state index >= 15 is 0 Å².